The minimum Gasteiger partial charge on any atom is -0.394 e. The second-order valence-corrected chi connectivity index (χ2v) is 6.43. The second kappa shape index (κ2) is 6.95. The van der Waals surface area contributed by atoms with Crippen molar-refractivity contribution in [3.63, 3.8) is 0 Å². The molecule has 0 aliphatic heterocycles. The summed E-state index contributed by atoms with van der Waals surface area (Å²) in [7, 11) is 1.51. The summed E-state index contributed by atoms with van der Waals surface area (Å²) in [4.78, 5) is 29.5. The van der Waals surface area contributed by atoms with Crippen LogP contribution in [0.3, 0.4) is 0 Å². The number of aliphatic hydroxyl groups is 2. The first-order chi connectivity index (χ1) is 11.9. The summed E-state index contributed by atoms with van der Waals surface area (Å²) in [6.45, 7) is -0.430. The number of hydrogen-bond donors (Lipinski definition) is 2. The molecule has 0 saturated heterocycles. The van der Waals surface area contributed by atoms with Crippen LogP contribution in [-0.2, 0) is 20.1 Å². The third kappa shape index (κ3) is 3.17. The SMILES string of the molecule is Cn1c(=O)n(CC(O)CO)c(=O)c2c1nc(Br)n2Cc1ccccc1. The van der Waals surface area contributed by atoms with E-state index in [9.17, 15) is 14.7 Å². The third-order valence-electron chi connectivity index (χ3n) is 3.97. The molecule has 1 atom stereocenters. The topological polar surface area (TPSA) is 102 Å². The van der Waals surface area contributed by atoms with Crippen LogP contribution in [0.15, 0.2) is 44.7 Å². The maximum atomic E-state index is 12.9. The molecule has 2 heterocycles. The largest absolute Gasteiger partial charge is 0.394 e. The van der Waals surface area contributed by atoms with Gasteiger partial charge in [-0.1, -0.05) is 30.3 Å². The Morgan fingerprint density at radius 2 is 1.88 bits per heavy atom. The molecule has 9 heteroatoms. The van der Waals surface area contributed by atoms with Crippen molar-refractivity contribution in [2.45, 2.75) is 19.2 Å². The molecule has 0 aliphatic carbocycles. The summed E-state index contributed by atoms with van der Waals surface area (Å²) in [5.41, 5.74) is 0.329. The number of fused-ring (bicyclic) bond motifs is 1. The summed E-state index contributed by atoms with van der Waals surface area (Å²) >= 11 is 3.35. The highest BCUT2D eigenvalue weighted by molar-refractivity contribution is 9.10. The van der Waals surface area contributed by atoms with Gasteiger partial charge in [-0.15, -0.1) is 0 Å². The van der Waals surface area contributed by atoms with E-state index in [-0.39, 0.29) is 17.7 Å². The summed E-state index contributed by atoms with van der Waals surface area (Å²) in [6.07, 6.45) is -1.20. The molecule has 0 spiro atoms. The first-order valence-electron chi connectivity index (χ1n) is 7.62. The van der Waals surface area contributed by atoms with Gasteiger partial charge in [-0.25, -0.2) is 9.78 Å². The zero-order valence-corrected chi connectivity index (χ0v) is 15.0. The van der Waals surface area contributed by atoms with E-state index in [0.717, 1.165) is 10.1 Å². The highest BCUT2D eigenvalue weighted by Crippen LogP contribution is 2.18. The van der Waals surface area contributed by atoms with Crippen molar-refractivity contribution in [2.75, 3.05) is 6.61 Å². The number of benzene rings is 1. The van der Waals surface area contributed by atoms with Crippen molar-refractivity contribution in [2.24, 2.45) is 7.05 Å². The Kier molecular flexibility index (Phi) is 4.89. The number of rotatable bonds is 5. The Bertz CT molecular complexity index is 1020. The quantitative estimate of drug-likeness (QED) is 0.581. The van der Waals surface area contributed by atoms with Crippen LogP contribution in [0.5, 0.6) is 0 Å². The molecule has 132 valence electrons. The zero-order chi connectivity index (χ0) is 18.1. The zero-order valence-electron chi connectivity index (χ0n) is 13.5. The first-order valence-corrected chi connectivity index (χ1v) is 8.41. The van der Waals surface area contributed by atoms with Crippen molar-refractivity contribution >= 4 is 27.1 Å². The van der Waals surface area contributed by atoms with E-state index >= 15 is 0 Å². The van der Waals surface area contributed by atoms with Crippen molar-refractivity contribution in [1.82, 2.24) is 18.7 Å². The van der Waals surface area contributed by atoms with Gasteiger partial charge in [0.2, 0.25) is 0 Å². The van der Waals surface area contributed by atoms with Crippen molar-refractivity contribution in [3.8, 4) is 0 Å². The van der Waals surface area contributed by atoms with E-state index in [2.05, 4.69) is 20.9 Å². The normalized spacial score (nSPS) is 12.6. The minimum absolute atomic E-state index is 0.253. The number of nitrogens with zero attached hydrogens (tertiary/aromatic N) is 4. The number of aliphatic hydroxyl groups excluding tert-OH is 2. The van der Waals surface area contributed by atoms with Gasteiger partial charge in [0.15, 0.2) is 15.9 Å². The van der Waals surface area contributed by atoms with Crippen LogP contribution in [0.25, 0.3) is 11.2 Å². The Labute approximate surface area is 150 Å². The fraction of sp³-hybridized carbons (Fsp3) is 0.312. The number of aryl methyl sites for hydroxylation is 1. The minimum atomic E-state index is -1.20. The average molecular weight is 409 g/mol. The van der Waals surface area contributed by atoms with E-state index in [1.54, 1.807) is 4.57 Å². The predicted molar refractivity (Wildman–Crippen MR) is 95.6 cm³/mol. The summed E-state index contributed by atoms with van der Waals surface area (Å²) in [6, 6.07) is 9.54. The number of imidazole rings is 1. The number of aromatic nitrogens is 4. The van der Waals surface area contributed by atoms with Crippen molar-refractivity contribution < 1.29 is 10.2 Å². The van der Waals surface area contributed by atoms with Gasteiger partial charge in [0.25, 0.3) is 5.56 Å². The maximum absolute atomic E-state index is 12.9. The van der Waals surface area contributed by atoms with Gasteiger partial charge in [-0.2, -0.15) is 0 Å². The monoisotopic (exact) mass is 408 g/mol. The third-order valence-corrected chi connectivity index (χ3v) is 4.58. The Morgan fingerprint density at radius 3 is 2.52 bits per heavy atom. The van der Waals surface area contributed by atoms with Crippen LogP contribution in [0.4, 0.5) is 0 Å². The molecule has 8 nitrogen and oxygen atoms in total. The lowest BCUT2D eigenvalue weighted by molar-refractivity contribution is 0.0791. The van der Waals surface area contributed by atoms with Gasteiger partial charge in [-0.3, -0.25) is 13.9 Å². The molecule has 25 heavy (non-hydrogen) atoms. The van der Waals surface area contributed by atoms with Gasteiger partial charge in [0.1, 0.15) is 0 Å². The van der Waals surface area contributed by atoms with Gasteiger partial charge >= 0.3 is 5.69 Å². The molecule has 1 aromatic carbocycles. The molecule has 2 aromatic heterocycles. The molecule has 0 saturated carbocycles. The van der Waals surface area contributed by atoms with Crippen LogP contribution in [0, 0.1) is 0 Å². The molecule has 3 rings (SSSR count). The molecule has 0 bridgehead atoms. The van der Waals surface area contributed by atoms with E-state index in [0.29, 0.717) is 11.3 Å². The van der Waals surface area contributed by atoms with E-state index in [4.69, 9.17) is 5.11 Å². The highest BCUT2D eigenvalue weighted by Gasteiger charge is 2.20. The summed E-state index contributed by atoms with van der Waals surface area (Å²) < 4.78 is 4.28. The molecule has 2 N–H and O–H groups in total. The van der Waals surface area contributed by atoms with Crippen LogP contribution < -0.4 is 11.2 Å². The number of hydrogen-bond acceptors (Lipinski definition) is 5. The lowest BCUT2D eigenvalue weighted by atomic mass is 10.2. The van der Waals surface area contributed by atoms with Crippen LogP contribution in [0.2, 0.25) is 0 Å². The molecular weight excluding hydrogens is 392 g/mol. The summed E-state index contributed by atoms with van der Waals surface area (Å²) in [5, 5.41) is 18.7. The van der Waals surface area contributed by atoms with Gasteiger partial charge < -0.3 is 14.8 Å². The van der Waals surface area contributed by atoms with E-state index < -0.39 is 24.0 Å². The van der Waals surface area contributed by atoms with Crippen LogP contribution >= 0.6 is 15.9 Å². The van der Waals surface area contributed by atoms with Gasteiger partial charge in [-0.05, 0) is 21.5 Å². The molecule has 0 amide bonds. The molecule has 0 fully saturated rings. The van der Waals surface area contributed by atoms with Crippen molar-refractivity contribution in [3.05, 3.63) is 61.5 Å². The smallest absolute Gasteiger partial charge is 0.332 e. The lowest BCUT2D eigenvalue weighted by Crippen LogP contribution is -2.42. The van der Waals surface area contributed by atoms with Crippen LogP contribution in [0.1, 0.15) is 5.56 Å². The number of halogens is 1. The molecule has 3 aromatic rings. The standard InChI is InChI=1S/C16H17BrN4O4/c1-19-13-12(14(24)21(16(19)25)8-11(23)9-22)20(15(17)18-13)7-10-5-3-2-4-6-10/h2-6,11,22-23H,7-9H2,1H3. The maximum Gasteiger partial charge on any atom is 0.332 e. The van der Waals surface area contributed by atoms with Gasteiger partial charge in [0.05, 0.1) is 25.8 Å². The molecule has 1 unspecified atom stereocenters. The molecule has 0 aliphatic rings. The van der Waals surface area contributed by atoms with Crippen LogP contribution in [-0.4, -0.2) is 41.6 Å². The summed E-state index contributed by atoms with van der Waals surface area (Å²) in [5.74, 6) is 0. The van der Waals surface area contributed by atoms with E-state index in [1.165, 1.54) is 11.6 Å². The second-order valence-electron chi connectivity index (χ2n) is 5.72. The predicted octanol–water partition coefficient (Wildman–Crippen LogP) is 0.0607. The fourth-order valence-corrected chi connectivity index (χ4v) is 3.16. The highest BCUT2D eigenvalue weighted by atomic mass is 79.9. The van der Waals surface area contributed by atoms with Gasteiger partial charge in [0, 0.05) is 7.05 Å². The lowest BCUT2D eigenvalue weighted by Gasteiger charge is -2.12. The van der Waals surface area contributed by atoms with E-state index in [1.807, 2.05) is 30.3 Å². The Morgan fingerprint density at radius 1 is 1.20 bits per heavy atom. The Balaban J connectivity index is 2.24. The Hall–Kier alpha value is -2.23. The first kappa shape index (κ1) is 17.6. The average Bonchev–Trinajstić information content (AvgIpc) is 2.94. The molecule has 0 radical (unpaired) electrons. The fourth-order valence-electron chi connectivity index (χ4n) is 2.68. The van der Waals surface area contributed by atoms with Crippen molar-refractivity contribution in [1.29, 1.82) is 0 Å². The molecular formula is C16H17BrN4O4.